The molecule has 102 valence electrons. The van der Waals surface area contributed by atoms with Crippen molar-refractivity contribution in [2.24, 2.45) is 15.2 Å². The van der Waals surface area contributed by atoms with Gasteiger partial charge in [0.15, 0.2) is 11.7 Å². The lowest BCUT2D eigenvalue weighted by molar-refractivity contribution is 0.548. The smallest absolute Gasteiger partial charge is 0.185 e. The summed E-state index contributed by atoms with van der Waals surface area (Å²) in [5.41, 5.74) is 6.02. The molecular formula is C15H10IN5. The average molecular weight is 387 g/mol. The molecule has 0 fully saturated rings. The van der Waals surface area contributed by atoms with Crippen LogP contribution in [0.1, 0.15) is 11.1 Å². The number of nitrogens with one attached hydrogen (secondary N) is 1. The van der Waals surface area contributed by atoms with Crippen molar-refractivity contribution in [1.82, 2.24) is 10.4 Å². The molecule has 0 saturated heterocycles. The fraction of sp³-hybridized carbons (Fsp3) is 0. The number of rotatable bonds is 1. The molecule has 0 spiro atoms. The van der Waals surface area contributed by atoms with E-state index in [0.717, 1.165) is 32.1 Å². The summed E-state index contributed by atoms with van der Waals surface area (Å²) in [5.74, 6) is 1.58. The van der Waals surface area contributed by atoms with Crippen LogP contribution in [0.25, 0.3) is 0 Å². The van der Waals surface area contributed by atoms with E-state index in [1.54, 1.807) is 6.34 Å². The summed E-state index contributed by atoms with van der Waals surface area (Å²) in [6.07, 6.45) is 1.56. The zero-order valence-corrected chi connectivity index (χ0v) is 13.0. The normalized spacial score (nSPS) is 15.6. The van der Waals surface area contributed by atoms with Crippen LogP contribution in [0.2, 0.25) is 0 Å². The summed E-state index contributed by atoms with van der Waals surface area (Å²) in [6, 6.07) is 16.2. The molecule has 0 unspecified atom stereocenters. The molecule has 5 nitrogen and oxygen atoms in total. The van der Waals surface area contributed by atoms with E-state index in [1.165, 1.54) is 0 Å². The summed E-state index contributed by atoms with van der Waals surface area (Å²) in [4.78, 5) is 4.78. The van der Waals surface area contributed by atoms with Crippen LogP contribution < -0.4 is 5.43 Å². The number of halogens is 1. The van der Waals surface area contributed by atoms with Crippen LogP contribution in [-0.2, 0) is 0 Å². The van der Waals surface area contributed by atoms with Gasteiger partial charge in [-0.25, -0.2) is 10.0 Å². The number of fused-ring (bicyclic) bond motifs is 3. The minimum absolute atomic E-state index is 0.764. The molecule has 0 bridgehead atoms. The van der Waals surface area contributed by atoms with Crippen LogP contribution in [0, 0.1) is 3.57 Å². The van der Waals surface area contributed by atoms with Gasteiger partial charge in [-0.2, -0.15) is 0 Å². The first-order valence-electron chi connectivity index (χ1n) is 6.43. The summed E-state index contributed by atoms with van der Waals surface area (Å²) < 4.78 is 1.14. The molecule has 0 amide bonds. The highest BCUT2D eigenvalue weighted by atomic mass is 127. The van der Waals surface area contributed by atoms with Crippen LogP contribution >= 0.6 is 22.6 Å². The molecule has 0 atom stereocenters. The van der Waals surface area contributed by atoms with Gasteiger partial charge in [0.1, 0.15) is 6.34 Å². The van der Waals surface area contributed by atoms with Crippen molar-refractivity contribution in [3.05, 3.63) is 63.2 Å². The highest BCUT2D eigenvalue weighted by Crippen LogP contribution is 2.29. The Morgan fingerprint density at radius 2 is 1.86 bits per heavy atom. The van der Waals surface area contributed by atoms with Gasteiger partial charge in [0, 0.05) is 14.7 Å². The summed E-state index contributed by atoms with van der Waals surface area (Å²) in [7, 11) is 0. The minimum Gasteiger partial charge on any atom is -0.279 e. The van der Waals surface area contributed by atoms with Gasteiger partial charge in [-0.1, -0.05) is 30.3 Å². The Morgan fingerprint density at radius 3 is 2.71 bits per heavy atom. The van der Waals surface area contributed by atoms with E-state index in [4.69, 9.17) is 4.99 Å². The molecule has 1 N–H and O–H groups in total. The predicted octanol–water partition coefficient (Wildman–Crippen LogP) is 2.89. The number of aliphatic imine (C=N–C) groups is 1. The number of hydrazine groups is 1. The second kappa shape index (κ2) is 4.96. The molecule has 2 aliphatic rings. The molecule has 2 aromatic rings. The SMILES string of the molecule is Ic1ccc2c(c1)C1=NN=CNN1C(c1ccccc1)=N2. The third-order valence-corrected chi connectivity index (χ3v) is 3.95. The quantitative estimate of drug-likeness (QED) is 0.766. The first-order chi connectivity index (χ1) is 10.3. The Bertz CT molecular complexity index is 795. The lowest BCUT2D eigenvalue weighted by Crippen LogP contribution is -2.50. The fourth-order valence-corrected chi connectivity index (χ4v) is 2.83. The number of amidine groups is 2. The van der Waals surface area contributed by atoms with Crippen LogP contribution in [0.5, 0.6) is 0 Å². The summed E-state index contributed by atoms with van der Waals surface area (Å²) in [6.45, 7) is 0. The van der Waals surface area contributed by atoms with Crippen LogP contribution in [-0.4, -0.2) is 23.0 Å². The van der Waals surface area contributed by atoms with Crippen molar-refractivity contribution in [2.75, 3.05) is 0 Å². The van der Waals surface area contributed by atoms with Gasteiger partial charge >= 0.3 is 0 Å². The number of hydrogen-bond donors (Lipinski definition) is 1. The monoisotopic (exact) mass is 387 g/mol. The molecule has 4 rings (SSSR count). The van der Waals surface area contributed by atoms with E-state index in [2.05, 4.69) is 44.3 Å². The second-order valence-electron chi connectivity index (χ2n) is 4.60. The third-order valence-electron chi connectivity index (χ3n) is 3.28. The van der Waals surface area contributed by atoms with Gasteiger partial charge in [-0.15, -0.1) is 10.2 Å². The standard InChI is InChI=1S/C15H10IN5/c16-11-6-7-13-12(8-11)15-20-17-9-18-21(15)14(19-13)10-4-2-1-3-5-10/h1-9H,(H,17,18). The van der Waals surface area contributed by atoms with E-state index < -0.39 is 0 Å². The van der Waals surface area contributed by atoms with Crippen molar-refractivity contribution < 1.29 is 0 Å². The molecule has 0 aliphatic carbocycles. The van der Waals surface area contributed by atoms with Crippen LogP contribution in [0.4, 0.5) is 5.69 Å². The number of hydrogen-bond acceptors (Lipinski definition) is 5. The van der Waals surface area contributed by atoms with E-state index in [1.807, 2.05) is 47.5 Å². The molecular weight excluding hydrogens is 377 g/mol. The maximum Gasteiger partial charge on any atom is 0.185 e. The zero-order chi connectivity index (χ0) is 14.2. The Balaban J connectivity index is 1.95. The average Bonchev–Trinajstić information content (AvgIpc) is 2.55. The fourth-order valence-electron chi connectivity index (χ4n) is 2.34. The highest BCUT2D eigenvalue weighted by molar-refractivity contribution is 14.1. The second-order valence-corrected chi connectivity index (χ2v) is 5.84. The van der Waals surface area contributed by atoms with Gasteiger partial charge in [0.05, 0.1) is 5.69 Å². The molecule has 2 aliphatic heterocycles. The first kappa shape index (κ1) is 12.5. The molecule has 0 radical (unpaired) electrons. The minimum atomic E-state index is 0.764. The first-order valence-corrected chi connectivity index (χ1v) is 7.50. The topological polar surface area (TPSA) is 52.4 Å². The van der Waals surface area contributed by atoms with Gasteiger partial charge in [-0.3, -0.25) is 5.43 Å². The van der Waals surface area contributed by atoms with Crippen molar-refractivity contribution in [3.63, 3.8) is 0 Å². The van der Waals surface area contributed by atoms with Crippen molar-refractivity contribution >= 4 is 46.3 Å². The van der Waals surface area contributed by atoms with E-state index in [0.29, 0.717) is 0 Å². The van der Waals surface area contributed by atoms with Crippen molar-refractivity contribution in [2.45, 2.75) is 0 Å². The van der Waals surface area contributed by atoms with Gasteiger partial charge in [-0.05, 0) is 40.8 Å². The Kier molecular flexibility index (Phi) is 2.95. The molecule has 21 heavy (non-hydrogen) atoms. The predicted molar refractivity (Wildman–Crippen MR) is 91.8 cm³/mol. The lowest BCUT2D eigenvalue weighted by Gasteiger charge is -2.31. The van der Waals surface area contributed by atoms with E-state index >= 15 is 0 Å². The van der Waals surface area contributed by atoms with Crippen LogP contribution in [0.3, 0.4) is 0 Å². The summed E-state index contributed by atoms with van der Waals surface area (Å²) >= 11 is 2.29. The largest absolute Gasteiger partial charge is 0.279 e. The molecule has 0 saturated carbocycles. The lowest BCUT2D eigenvalue weighted by atomic mass is 10.1. The molecule has 2 heterocycles. The molecule has 2 aromatic carbocycles. The highest BCUT2D eigenvalue weighted by Gasteiger charge is 2.28. The third kappa shape index (κ3) is 2.11. The van der Waals surface area contributed by atoms with Crippen LogP contribution in [0.15, 0.2) is 63.7 Å². The zero-order valence-electron chi connectivity index (χ0n) is 10.9. The maximum atomic E-state index is 4.78. The summed E-state index contributed by atoms with van der Waals surface area (Å²) in [5, 5.41) is 10.1. The van der Waals surface area contributed by atoms with Gasteiger partial charge < -0.3 is 0 Å². The number of nitrogens with zero attached hydrogens (tertiary/aromatic N) is 4. The van der Waals surface area contributed by atoms with Gasteiger partial charge in [0.25, 0.3) is 0 Å². The molecule has 0 aromatic heterocycles. The Hall–Kier alpha value is -2.22. The van der Waals surface area contributed by atoms with E-state index in [9.17, 15) is 0 Å². The Morgan fingerprint density at radius 1 is 1.00 bits per heavy atom. The van der Waals surface area contributed by atoms with Crippen molar-refractivity contribution in [3.8, 4) is 0 Å². The van der Waals surface area contributed by atoms with Gasteiger partial charge in [0.2, 0.25) is 0 Å². The van der Waals surface area contributed by atoms with Crippen molar-refractivity contribution in [1.29, 1.82) is 0 Å². The molecule has 6 heteroatoms. The van der Waals surface area contributed by atoms with E-state index in [-0.39, 0.29) is 0 Å². The Labute approximate surface area is 135 Å². The number of benzene rings is 2. The maximum absolute atomic E-state index is 4.78.